The molecule has 0 fully saturated rings. The second-order valence-electron chi connectivity index (χ2n) is 2.90. The molecule has 0 aliphatic carbocycles. The lowest BCUT2D eigenvalue weighted by Gasteiger charge is -2.07. The Bertz CT molecular complexity index is 317. The topological polar surface area (TPSA) is 9.23 Å². The zero-order chi connectivity index (χ0) is 14.6. The SMILES string of the molecule is CC.CC.CCCCOc1cc(F)cc(F)c1Cl. The van der Waals surface area contributed by atoms with E-state index in [1.54, 1.807) is 0 Å². The predicted octanol–water partition coefficient (Wildman–Crippen LogP) is 5.85. The van der Waals surface area contributed by atoms with Crippen LogP contribution < -0.4 is 4.74 Å². The average molecular weight is 281 g/mol. The van der Waals surface area contributed by atoms with Crippen molar-refractivity contribution in [3.05, 3.63) is 28.8 Å². The maximum Gasteiger partial charge on any atom is 0.148 e. The number of ether oxygens (including phenoxy) is 1. The van der Waals surface area contributed by atoms with Crippen LogP contribution in [-0.2, 0) is 0 Å². The van der Waals surface area contributed by atoms with Crippen molar-refractivity contribution in [3.8, 4) is 5.75 Å². The molecule has 0 aliphatic heterocycles. The molecule has 0 aliphatic rings. The molecule has 0 radical (unpaired) electrons. The van der Waals surface area contributed by atoms with Crippen LogP contribution in [0.25, 0.3) is 0 Å². The fourth-order valence-corrected chi connectivity index (χ4v) is 1.13. The van der Waals surface area contributed by atoms with E-state index in [0.717, 1.165) is 25.0 Å². The van der Waals surface area contributed by atoms with Crippen LogP contribution in [0.5, 0.6) is 5.75 Å². The molecule has 1 aromatic carbocycles. The molecule has 1 aromatic rings. The monoisotopic (exact) mass is 280 g/mol. The Hall–Kier alpha value is -0.830. The van der Waals surface area contributed by atoms with E-state index >= 15 is 0 Å². The standard InChI is InChI=1S/C10H11ClF2O.2C2H6/c1-2-3-4-14-9-6-7(12)5-8(13)10(9)11;2*1-2/h5-6H,2-4H2,1H3;2*1-2H3. The van der Waals surface area contributed by atoms with Crippen molar-refractivity contribution in [2.24, 2.45) is 0 Å². The van der Waals surface area contributed by atoms with Crippen LogP contribution in [0.4, 0.5) is 8.78 Å². The van der Waals surface area contributed by atoms with Crippen molar-refractivity contribution in [3.63, 3.8) is 0 Å². The fraction of sp³-hybridized carbons (Fsp3) is 0.571. The summed E-state index contributed by atoms with van der Waals surface area (Å²) in [5, 5.41) is -0.164. The highest BCUT2D eigenvalue weighted by Gasteiger charge is 2.09. The van der Waals surface area contributed by atoms with Gasteiger partial charge in [0, 0.05) is 12.1 Å². The largest absolute Gasteiger partial charge is 0.492 e. The Balaban J connectivity index is 0. The van der Waals surface area contributed by atoms with Crippen LogP contribution in [0.3, 0.4) is 0 Å². The molecule has 0 amide bonds. The van der Waals surface area contributed by atoms with Crippen LogP contribution >= 0.6 is 11.6 Å². The molecular formula is C14H23ClF2O. The van der Waals surface area contributed by atoms with Gasteiger partial charge in [-0.25, -0.2) is 8.78 Å². The van der Waals surface area contributed by atoms with E-state index in [4.69, 9.17) is 16.3 Å². The van der Waals surface area contributed by atoms with Gasteiger partial charge in [-0.3, -0.25) is 0 Å². The highest BCUT2D eigenvalue weighted by atomic mass is 35.5. The first-order valence-corrected chi connectivity index (χ1v) is 6.80. The third-order valence-corrected chi connectivity index (χ3v) is 2.08. The number of unbranched alkanes of at least 4 members (excludes halogenated alkanes) is 1. The first kappa shape index (κ1) is 19.5. The molecule has 0 N–H and O–H groups in total. The van der Waals surface area contributed by atoms with Crippen molar-refractivity contribution in [1.82, 2.24) is 0 Å². The number of halogens is 3. The maximum atomic E-state index is 12.9. The van der Waals surface area contributed by atoms with Gasteiger partial charge in [0.15, 0.2) is 0 Å². The van der Waals surface area contributed by atoms with Gasteiger partial charge in [-0.2, -0.15) is 0 Å². The minimum Gasteiger partial charge on any atom is -0.492 e. The summed E-state index contributed by atoms with van der Waals surface area (Å²) >= 11 is 5.58. The number of hydrogen-bond acceptors (Lipinski definition) is 1. The molecule has 1 rings (SSSR count). The Morgan fingerprint density at radius 2 is 1.67 bits per heavy atom. The van der Waals surface area contributed by atoms with E-state index < -0.39 is 11.6 Å². The van der Waals surface area contributed by atoms with Gasteiger partial charge in [0.2, 0.25) is 0 Å². The van der Waals surface area contributed by atoms with Crippen LogP contribution in [0.1, 0.15) is 47.5 Å². The summed E-state index contributed by atoms with van der Waals surface area (Å²) in [6.45, 7) is 10.4. The van der Waals surface area contributed by atoms with Crippen molar-refractivity contribution < 1.29 is 13.5 Å². The van der Waals surface area contributed by atoms with E-state index in [2.05, 4.69) is 0 Å². The number of rotatable bonds is 4. The molecule has 1 nitrogen and oxygen atoms in total. The van der Waals surface area contributed by atoms with Gasteiger partial charge in [-0.1, -0.05) is 52.6 Å². The van der Waals surface area contributed by atoms with Crippen molar-refractivity contribution in [1.29, 1.82) is 0 Å². The first-order valence-electron chi connectivity index (χ1n) is 6.42. The van der Waals surface area contributed by atoms with E-state index in [9.17, 15) is 8.78 Å². The van der Waals surface area contributed by atoms with Crippen LogP contribution in [0.15, 0.2) is 12.1 Å². The molecule has 18 heavy (non-hydrogen) atoms. The van der Waals surface area contributed by atoms with Crippen LogP contribution in [-0.4, -0.2) is 6.61 Å². The number of hydrogen-bond donors (Lipinski definition) is 0. The molecule has 0 unspecified atom stereocenters. The van der Waals surface area contributed by atoms with Gasteiger partial charge in [-0.05, 0) is 6.42 Å². The molecule has 0 aromatic heterocycles. The van der Waals surface area contributed by atoms with Gasteiger partial charge in [-0.15, -0.1) is 0 Å². The van der Waals surface area contributed by atoms with Gasteiger partial charge in [0.25, 0.3) is 0 Å². The van der Waals surface area contributed by atoms with Gasteiger partial charge in [0.1, 0.15) is 22.4 Å². The number of benzene rings is 1. The lowest BCUT2D eigenvalue weighted by Crippen LogP contribution is -1.98. The zero-order valence-corrected chi connectivity index (χ0v) is 12.6. The normalized spacial score (nSPS) is 8.67. The Kier molecular flexibility index (Phi) is 13.7. The summed E-state index contributed by atoms with van der Waals surface area (Å²) in [5.41, 5.74) is 0. The molecule has 0 bridgehead atoms. The quantitative estimate of drug-likeness (QED) is 0.496. The Morgan fingerprint density at radius 3 is 2.17 bits per heavy atom. The molecular weight excluding hydrogens is 258 g/mol. The zero-order valence-electron chi connectivity index (χ0n) is 11.8. The van der Waals surface area contributed by atoms with E-state index in [0.29, 0.717) is 6.61 Å². The Labute approximate surface area is 114 Å². The third-order valence-electron chi connectivity index (χ3n) is 1.72. The van der Waals surface area contributed by atoms with Crippen LogP contribution in [0.2, 0.25) is 5.02 Å². The van der Waals surface area contributed by atoms with Crippen molar-refractivity contribution in [2.75, 3.05) is 6.61 Å². The Morgan fingerprint density at radius 1 is 1.11 bits per heavy atom. The summed E-state index contributed by atoms with van der Waals surface area (Å²) in [6, 6.07) is 1.82. The van der Waals surface area contributed by atoms with Crippen molar-refractivity contribution >= 4 is 11.6 Å². The smallest absolute Gasteiger partial charge is 0.148 e. The van der Waals surface area contributed by atoms with E-state index in [1.807, 2.05) is 34.6 Å². The molecule has 4 heteroatoms. The average Bonchev–Trinajstić information content (AvgIpc) is 2.40. The van der Waals surface area contributed by atoms with Gasteiger partial charge in [0.05, 0.1) is 6.61 Å². The molecule has 0 spiro atoms. The van der Waals surface area contributed by atoms with Crippen LogP contribution in [0, 0.1) is 11.6 Å². The molecule has 0 saturated heterocycles. The molecule has 106 valence electrons. The van der Waals surface area contributed by atoms with Crippen molar-refractivity contribution in [2.45, 2.75) is 47.5 Å². The predicted molar refractivity (Wildman–Crippen MR) is 74.5 cm³/mol. The summed E-state index contributed by atoms with van der Waals surface area (Å²) in [7, 11) is 0. The van der Waals surface area contributed by atoms with Gasteiger partial charge < -0.3 is 4.74 Å². The molecule has 0 heterocycles. The molecule has 0 saturated carbocycles. The van der Waals surface area contributed by atoms with Gasteiger partial charge >= 0.3 is 0 Å². The second-order valence-corrected chi connectivity index (χ2v) is 3.28. The highest BCUT2D eigenvalue weighted by Crippen LogP contribution is 2.28. The summed E-state index contributed by atoms with van der Waals surface area (Å²) in [4.78, 5) is 0. The third kappa shape index (κ3) is 7.49. The first-order chi connectivity index (χ1) is 8.65. The minimum atomic E-state index is -0.793. The second kappa shape index (κ2) is 12.6. The maximum absolute atomic E-state index is 12.9. The minimum absolute atomic E-state index is 0.0672. The van der Waals surface area contributed by atoms with E-state index in [1.165, 1.54) is 0 Å². The lowest BCUT2D eigenvalue weighted by atomic mass is 10.3. The summed E-state index contributed by atoms with van der Waals surface area (Å²) in [6.07, 6.45) is 1.78. The lowest BCUT2D eigenvalue weighted by molar-refractivity contribution is 0.306. The fourth-order valence-electron chi connectivity index (χ4n) is 0.964. The summed E-state index contributed by atoms with van der Waals surface area (Å²) in [5.74, 6) is -1.41. The van der Waals surface area contributed by atoms with E-state index in [-0.39, 0.29) is 10.8 Å². The molecule has 0 atom stereocenters. The summed E-state index contributed by atoms with van der Waals surface area (Å²) < 4.78 is 30.8. The highest BCUT2D eigenvalue weighted by molar-refractivity contribution is 6.32.